The molecule has 6 heteroatoms. The molecular weight excluding hydrogens is 302 g/mol. The normalized spacial score (nSPS) is 11.2. The first-order chi connectivity index (χ1) is 11.5. The van der Waals surface area contributed by atoms with E-state index in [2.05, 4.69) is 32.3 Å². The van der Waals surface area contributed by atoms with E-state index in [0.29, 0.717) is 12.1 Å². The number of aryl methyl sites for hydroxylation is 1. The number of fused-ring (bicyclic) bond motifs is 1. The summed E-state index contributed by atoms with van der Waals surface area (Å²) in [5.41, 5.74) is 4.37. The third-order valence-electron chi connectivity index (χ3n) is 3.84. The van der Waals surface area contributed by atoms with Crippen molar-refractivity contribution >= 4 is 16.9 Å². The molecule has 3 aromatic rings. The Labute approximate surface area is 141 Å². The number of benzene rings is 1. The molecule has 0 aliphatic heterocycles. The molecule has 1 N–H and O–H groups in total. The molecule has 0 unspecified atom stereocenters. The predicted molar refractivity (Wildman–Crippen MR) is 93.5 cm³/mol. The maximum atomic E-state index is 12.5. The van der Waals surface area contributed by atoms with Crippen molar-refractivity contribution in [2.75, 3.05) is 14.1 Å². The minimum atomic E-state index is -0.144. The number of aromatic nitrogens is 3. The highest BCUT2D eigenvalue weighted by Gasteiger charge is 2.13. The van der Waals surface area contributed by atoms with Gasteiger partial charge in [0, 0.05) is 26.3 Å². The van der Waals surface area contributed by atoms with Crippen molar-refractivity contribution in [3.8, 4) is 0 Å². The Kier molecular flexibility index (Phi) is 4.57. The fraction of sp³-hybridized carbons (Fsp3) is 0.278. The third kappa shape index (κ3) is 3.44. The Balaban J connectivity index is 1.70. The van der Waals surface area contributed by atoms with Crippen LogP contribution in [0.4, 0.5) is 0 Å². The molecule has 2 aromatic heterocycles. The van der Waals surface area contributed by atoms with Crippen LogP contribution in [0.15, 0.2) is 43.0 Å². The van der Waals surface area contributed by atoms with Crippen LogP contribution < -0.4 is 5.32 Å². The van der Waals surface area contributed by atoms with Gasteiger partial charge in [-0.2, -0.15) is 0 Å². The van der Waals surface area contributed by atoms with E-state index in [9.17, 15) is 4.79 Å². The van der Waals surface area contributed by atoms with Gasteiger partial charge >= 0.3 is 0 Å². The number of nitrogens with one attached hydrogen (secondary N) is 1. The Bertz CT molecular complexity index is 851. The second-order valence-corrected chi connectivity index (χ2v) is 6.15. The zero-order chi connectivity index (χ0) is 17.1. The number of hydrogen-bond donors (Lipinski definition) is 1. The third-order valence-corrected chi connectivity index (χ3v) is 3.84. The average molecular weight is 323 g/mol. The van der Waals surface area contributed by atoms with Gasteiger partial charge in [-0.15, -0.1) is 0 Å². The van der Waals surface area contributed by atoms with Crippen molar-refractivity contribution in [1.82, 2.24) is 24.8 Å². The van der Waals surface area contributed by atoms with Crippen molar-refractivity contribution in [3.05, 3.63) is 59.7 Å². The number of amides is 1. The topological polar surface area (TPSA) is 63.1 Å². The van der Waals surface area contributed by atoms with Crippen molar-refractivity contribution in [2.45, 2.75) is 13.1 Å². The average Bonchev–Trinajstić information content (AvgIpc) is 2.95. The van der Waals surface area contributed by atoms with E-state index in [1.807, 2.05) is 37.8 Å². The maximum Gasteiger partial charge on any atom is 0.255 e. The van der Waals surface area contributed by atoms with Crippen LogP contribution in [0.1, 0.15) is 21.5 Å². The zero-order valence-corrected chi connectivity index (χ0v) is 14.2. The smallest absolute Gasteiger partial charge is 0.255 e. The lowest BCUT2D eigenvalue weighted by atomic mass is 10.1. The molecule has 0 atom stereocenters. The summed E-state index contributed by atoms with van der Waals surface area (Å²) in [4.78, 5) is 22.9. The first-order valence-electron chi connectivity index (χ1n) is 7.80. The standard InChI is InChI=1S/C18H21N5O/c1-22(2)11-14-6-4-13(5-7-14)8-20-18(24)15-9-19-10-16-17(15)23(3)12-21-16/h4-7,9-10,12H,8,11H2,1-3H3,(H,20,24). The van der Waals surface area contributed by atoms with Crippen LogP contribution in [-0.2, 0) is 20.1 Å². The van der Waals surface area contributed by atoms with E-state index in [1.54, 1.807) is 18.7 Å². The summed E-state index contributed by atoms with van der Waals surface area (Å²) in [6.45, 7) is 1.39. The lowest BCUT2D eigenvalue weighted by Crippen LogP contribution is -2.23. The molecule has 124 valence electrons. The van der Waals surface area contributed by atoms with Crippen molar-refractivity contribution < 1.29 is 4.79 Å². The highest BCUT2D eigenvalue weighted by atomic mass is 16.1. The Morgan fingerprint density at radius 2 is 1.88 bits per heavy atom. The molecule has 0 aliphatic carbocycles. The predicted octanol–water partition coefficient (Wildman–Crippen LogP) is 1.96. The number of nitrogens with zero attached hydrogens (tertiary/aromatic N) is 4. The van der Waals surface area contributed by atoms with Gasteiger partial charge in [-0.1, -0.05) is 24.3 Å². The van der Waals surface area contributed by atoms with Gasteiger partial charge in [-0.3, -0.25) is 9.78 Å². The summed E-state index contributed by atoms with van der Waals surface area (Å²) in [6.07, 6.45) is 4.93. The van der Waals surface area contributed by atoms with Crippen LogP contribution in [0.25, 0.3) is 11.0 Å². The minimum absolute atomic E-state index is 0.144. The van der Waals surface area contributed by atoms with E-state index in [4.69, 9.17) is 0 Å². The van der Waals surface area contributed by atoms with E-state index >= 15 is 0 Å². The number of hydrogen-bond acceptors (Lipinski definition) is 4. The second-order valence-electron chi connectivity index (χ2n) is 6.15. The molecule has 0 radical (unpaired) electrons. The van der Waals surface area contributed by atoms with Gasteiger partial charge in [0.05, 0.1) is 23.6 Å². The molecule has 0 aliphatic rings. The molecular formula is C18H21N5O. The molecule has 0 saturated heterocycles. The summed E-state index contributed by atoms with van der Waals surface area (Å²) >= 11 is 0. The maximum absolute atomic E-state index is 12.5. The summed E-state index contributed by atoms with van der Waals surface area (Å²) in [5.74, 6) is -0.144. The quantitative estimate of drug-likeness (QED) is 0.780. The SMILES string of the molecule is CN(C)Cc1ccc(CNC(=O)c2cncc3ncn(C)c23)cc1. The van der Waals surface area contributed by atoms with Crippen LogP contribution in [-0.4, -0.2) is 39.4 Å². The van der Waals surface area contributed by atoms with Crippen LogP contribution in [0.2, 0.25) is 0 Å². The fourth-order valence-electron chi connectivity index (χ4n) is 2.69. The largest absolute Gasteiger partial charge is 0.348 e. The molecule has 1 aromatic carbocycles. The van der Waals surface area contributed by atoms with Crippen molar-refractivity contribution in [2.24, 2.45) is 7.05 Å². The van der Waals surface area contributed by atoms with Crippen LogP contribution in [0.3, 0.4) is 0 Å². The molecule has 6 nitrogen and oxygen atoms in total. The lowest BCUT2D eigenvalue weighted by Gasteiger charge is -2.11. The van der Waals surface area contributed by atoms with Crippen LogP contribution in [0, 0.1) is 0 Å². The number of rotatable bonds is 5. The molecule has 24 heavy (non-hydrogen) atoms. The Hall–Kier alpha value is -2.73. The van der Waals surface area contributed by atoms with Gasteiger partial charge < -0.3 is 14.8 Å². The lowest BCUT2D eigenvalue weighted by molar-refractivity contribution is 0.0952. The first-order valence-corrected chi connectivity index (χ1v) is 7.80. The Morgan fingerprint density at radius 1 is 1.17 bits per heavy atom. The highest BCUT2D eigenvalue weighted by Crippen LogP contribution is 2.15. The van der Waals surface area contributed by atoms with E-state index < -0.39 is 0 Å². The van der Waals surface area contributed by atoms with Gasteiger partial charge in [0.15, 0.2) is 0 Å². The molecule has 3 rings (SSSR count). The molecule has 0 saturated carbocycles. The van der Waals surface area contributed by atoms with Crippen molar-refractivity contribution in [3.63, 3.8) is 0 Å². The van der Waals surface area contributed by atoms with Gasteiger partial charge in [-0.25, -0.2) is 4.98 Å². The monoisotopic (exact) mass is 323 g/mol. The molecule has 1 amide bonds. The summed E-state index contributed by atoms with van der Waals surface area (Å²) in [6, 6.07) is 8.26. The number of carbonyl (C=O) groups is 1. The van der Waals surface area contributed by atoms with Gasteiger partial charge in [0.1, 0.15) is 5.52 Å². The summed E-state index contributed by atoms with van der Waals surface area (Å²) in [5, 5.41) is 2.95. The van der Waals surface area contributed by atoms with Crippen LogP contribution in [0.5, 0.6) is 0 Å². The van der Waals surface area contributed by atoms with Crippen molar-refractivity contribution in [1.29, 1.82) is 0 Å². The second kappa shape index (κ2) is 6.80. The number of pyridine rings is 1. The van der Waals surface area contributed by atoms with Gasteiger partial charge in [0.25, 0.3) is 5.91 Å². The van der Waals surface area contributed by atoms with Gasteiger partial charge in [-0.05, 0) is 25.2 Å². The molecule has 0 fully saturated rings. The van der Waals surface area contributed by atoms with Gasteiger partial charge in [0.2, 0.25) is 0 Å². The van der Waals surface area contributed by atoms with E-state index in [1.165, 1.54) is 5.56 Å². The number of imidazole rings is 1. The summed E-state index contributed by atoms with van der Waals surface area (Å²) in [7, 11) is 5.96. The first kappa shape index (κ1) is 16.1. The molecule has 2 heterocycles. The zero-order valence-electron chi connectivity index (χ0n) is 14.2. The molecule has 0 spiro atoms. The highest BCUT2D eigenvalue weighted by molar-refractivity contribution is 6.04. The summed E-state index contributed by atoms with van der Waals surface area (Å²) < 4.78 is 1.84. The number of carbonyl (C=O) groups excluding carboxylic acids is 1. The minimum Gasteiger partial charge on any atom is -0.348 e. The van der Waals surface area contributed by atoms with E-state index in [-0.39, 0.29) is 5.91 Å². The molecule has 0 bridgehead atoms. The fourth-order valence-corrected chi connectivity index (χ4v) is 2.69. The van der Waals surface area contributed by atoms with Crippen LogP contribution >= 0.6 is 0 Å². The Morgan fingerprint density at radius 3 is 2.58 bits per heavy atom. The van der Waals surface area contributed by atoms with E-state index in [0.717, 1.165) is 23.1 Å².